The Hall–Kier alpha value is -3.63. The van der Waals surface area contributed by atoms with E-state index < -0.39 is 5.25 Å². The number of hydrogen-bond donors (Lipinski definition) is 1. The molecule has 1 amide bonds. The average Bonchev–Trinajstić information content (AvgIpc) is 2.76. The maximum atomic E-state index is 12.9. The van der Waals surface area contributed by atoms with E-state index in [-0.39, 0.29) is 11.5 Å². The fraction of sp³-hybridized carbons (Fsp3) is 0.130. The number of carbonyl (C=O) groups excluding carboxylic acids is 1. The van der Waals surface area contributed by atoms with Crippen molar-refractivity contribution in [3.63, 3.8) is 0 Å². The molecule has 0 aliphatic carbocycles. The standard InChI is InChI=1S/C23H18N4O2S/c1-14(21(28)25-19-10-6-5-9-17(19)13-24)30-23-26-20-12-16-8-4-3-7-15(16)11-18(20)22(29)27(23)2/h3-12,14H,1-2H3,(H,25,28)/t14-/m0/s1. The van der Waals surface area contributed by atoms with Gasteiger partial charge in [-0.3, -0.25) is 14.2 Å². The summed E-state index contributed by atoms with van der Waals surface area (Å²) in [4.78, 5) is 30.2. The van der Waals surface area contributed by atoms with E-state index in [9.17, 15) is 14.9 Å². The Balaban J connectivity index is 1.65. The van der Waals surface area contributed by atoms with Crippen LogP contribution in [-0.4, -0.2) is 20.7 Å². The van der Waals surface area contributed by atoms with Crippen molar-refractivity contribution in [1.29, 1.82) is 5.26 Å². The Labute approximate surface area is 177 Å². The zero-order valence-corrected chi connectivity index (χ0v) is 17.2. The molecule has 0 aliphatic heterocycles. The Kier molecular flexibility index (Phi) is 5.25. The predicted molar refractivity (Wildman–Crippen MR) is 120 cm³/mol. The minimum atomic E-state index is -0.521. The van der Waals surface area contributed by atoms with Gasteiger partial charge in [-0.05, 0) is 42.0 Å². The molecule has 0 saturated heterocycles. The third kappa shape index (κ3) is 3.65. The van der Waals surface area contributed by atoms with Gasteiger partial charge in [0.1, 0.15) is 6.07 Å². The van der Waals surface area contributed by atoms with Crippen molar-refractivity contribution < 1.29 is 4.79 Å². The predicted octanol–water partition coefficient (Wildman–Crippen LogP) is 4.08. The first-order valence-corrected chi connectivity index (χ1v) is 10.2. The molecule has 0 aliphatic rings. The van der Waals surface area contributed by atoms with Gasteiger partial charge in [0.25, 0.3) is 5.56 Å². The molecule has 148 valence electrons. The first-order valence-electron chi connectivity index (χ1n) is 9.34. The van der Waals surface area contributed by atoms with Gasteiger partial charge < -0.3 is 5.32 Å². The second kappa shape index (κ2) is 8.01. The molecule has 0 spiro atoms. The molecule has 0 radical (unpaired) electrons. The van der Waals surface area contributed by atoms with Crippen LogP contribution in [0.5, 0.6) is 0 Å². The first-order chi connectivity index (χ1) is 14.5. The van der Waals surface area contributed by atoms with Gasteiger partial charge in [0, 0.05) is 7.05 Å². The van der Waals surface area contributed by atoms with Gasteiger partial charge in [0.05, 0.1) is 27.4 Å². The number of para-hydroxylation sites is 1. The molecule has 30 heavy (non-hydrogen) atoms. The number of aromatic nitrogens is 2. The van der Waals surface area contributed by atoms with Crippen LogP contribution in [0, 0.1) is 11.3 Å². The van der Waals surface area contributed by atoms with Gasteiger partial charge >= 0.3 is 0 Å². The molecule has 4 rings (SSSR count). The highest BCUT2D eigenvalue weighted by Gasteiger charge is 2.19. The van der Waals surface area contributed by atoms with Crippen molar-refractivity contribution in [3.8, 4) is 6.07 Å². The molecule has 0 saturated carbocycles. The van der Waals surface area contributed by atoms with E-state index in [0.717, 1.165) is 10.8 Å². The second-order valence-corrected chi connectivity index (χ2v) is 8.19. The maximum Gasteiger partial charge on any atom is 0.261 e. The summed E-state index contributed by atoms with van der Waals surface area (Å²) in [7, 11) is 1.65. The van der Waals surface area contributed by atoms with E-state index in [2.05, 4.69) is 16.4 Å². The number of hydrogen-bond acceptors (Lipinski definition) is 5. The van der Waals surface area contributed by atoms with Crippen LogP contribution < -0.4 is 10.9 Å². The minimum Gasteiger partial charge on any atom is -0.324 e. The van der Waals surface area contributed by atoms with Crippen LogP contribution >= 0.6 is 11.8 Å². The summed E-state index contributed by atoms with van der Waals surface area (Å²) in [5, 5.41) is 14.4. The average molecular weight is 414 g/mol. The molecule has 0 unspecified atom stereocenters. The first kappa shape index (κ1) is 19.7. The third-order valence-corrected chi connectivity index (χ3v) is 6.00. The van der Waals surface area contributed by atoms with Gasteiger partial charge in [0.2, 0.25) is 5.91 Å². The number of benzene rings is 3. The number of carbonyl (C=O) groups is 1. The molecule has 1 heterocycles. The summed E-state index contributed by atoms with van der Waals surface area (Å²) in [6.45, 7) is 1.74. The van der Waals surface area contributed by atoms with Crippen LogP contribution in [0.2, 0.25) is 0 Å². The van der Waals surface area contributed by atoms with Gasteiger partial charge in [0.15, 0.2) is 5.16 Å². The number of rotatable bonds is 4. The second-order valence-electron chi connectivity index (χ2n) is 6.88. The van der Waals surface area contributed by atoms with E-state index in [1.165, 1.54) is 16.3 Å². The van der Waals surface area contributed by atoms with Gasteiger partial charge in [-0.2, -0.15) is 5.26 Å². The lowest BCUT2D eigenvalue weighted by Crippen LogP contribution is -2.25. The molecule has 1 N–H and O–H groups in total. The third-order valence-electron chi connectivity index (χ3n) is 4.86. The summed E-state index contributed by atoms with van der Waals surface area (Å²) in [6.07, 6.45) is 0. The molecule has 7 heteroatoms. The highest BCUT2D eigenvalue weighted by Crippen LogP contribution is 2.25. The Morgan fingerprint density at radius 3 is 2.53 bits per heavy atom. The molecule has 0 bridgehead atoms. The fourth-order valence-corrected chi connectivity index (χ4v) is 4.05. The van der Waals surface area contributed by atoms with Gasteiger partial charge in [-0.25, -0.2) is 4.98 Å². The van der Waals surface area contributed by atoms with Gasteiger partial charge in [-0.15, -0.1) is 0 Å². The lowest BCUT2D eigenvalue weighted by Gasteiger charge is -2.15. The Morgan fingerprint density at radius 2 is 1.80 bits per heavy atom. The number of fused-ring (bicyclic) bond motifs is 2. The van der Waals surface area contributed by atoms with Crippen molar-refractivity contribution >= 4 is 45.0 Å². The number of nitrogens with one attached hydrogen (secondary N) is 1. The van der Waals surface area contributed by atoms with Crippen LogP contribution in [-0.2, 0) is 11.8 Å². The summed E-state index contributed by atoms with van der Waals surface area (Å²) in [5.41, 5.74) is 1.30. The molecular formula is C23H18N4O2S. The lowest BCUT2D eigenvalue weighted by atomic mass is 10.1. The van der Waals surface area contributed by atoms with E-state index in [0.29, 0.717) is 27.3 Å². The number of amides is 1. The number of anilines is 1. The minimum absolute atomic E-state index is 0.157. The topological polar surface area (TPSA) is 87.8 Å². The zero-order valence-electron chi connectivity index (χ0n) is 16.4. The van der Waals surface area contributed by atoms with Crippen molar-refractivity contribution in [3.05, 3.63) is 76.6 Å². The van der Waals surface area contributed by atoms with E-state index in [1.807, 2.05) is 36.4 Å². The Bertz CT molecular complexity index is 1390. The lowest BCUT2D eigenvalue weighted by molar-refractivity contribution is -0.115. The smallest absolute Gasteiger partial charge is 0.261 e. The van der Waals surface area contributed by atoms with E-state index >= 15 is 0 Å². The number of thioether (sulfide) groups is 1. The van der Waals surface area contributed by atoms with Crippen LogP contribution in [0.15, 0.2) is 70.6 Å². The van der Waals surface area contributed by atoms with E-state index in [4.69, 9.17) is 0 Å². The van der Waals surface area contributed by atoms with Gasteiger partial charge in [-0.1, -0.05) is 48.2 Å². The molecular weight excluding hydrogens is 396 g/mol. The monoisotopic (exact) mass is 414 g/mol. The highest BCUT2D eigenvalue weighted by atomic mass is 32.2. The van der Waals surface area contributed by atoms with Crippen LogP contribution in [0.3, 0.4) is 0 Å². The zero-order chi connectivity index (χ0) is 21.3. The quantitative estimate of drug-likeness (QED) is 0.309. The maximum absolute atomic E-state index is 12.9. The largest absolute Gasteiger partial charge is 0.324 e. The van der Waals surface area contributed by atoms with Crippen molar-refractivity contribution in [2.24, 2.45) is 7.05 Å². The molecule has 0 fully saturated rings. The van der Waals surface area contributed by atoms with Crippen LogP contribution in [0.25, 0.3) is 21.7 Å². The molecule has 3 aromatic carbocycles. The summed E-state index contributed by atoms with van der Waals surface area (Å²) in [5.74, 6) is -0.268. The fourth-order valence-electron chi connectivity index (χ4n) is 3.18. The summed E-state index contributed by atoms with van der Waals surface area (Å²) in [6, 6.07) is 20.4. The highest BCUT2D eigenvalue weighted by molar-refractivity contribution is 8.00. The molecule has 4 aromatic rings. The molecule has 6 nitrogen and oxygen atoms in total. The number of nitrogens with zero attached hydrogens (tertiary/aromatic N) is 3. The van der Waals surface area contributed by atoms with Crippen molar-refractivity contribution in [1.82, 2.24) is 9.55 Å². The van der Waals surface area contributed by atoms with Crippen LogP contribution in [0.1, 0.15) is 12.5 Å². The van der Waals surface area contributed by atoms with Crippen molar-refractivity contribution in [2.75, 3.05) is 5.32 Å². The molecule has 1 aromatic heterocycles. The summed E-state index contributed by atoms with van der Waals surface area (Å²) < 4.78 is 1.47. The van der Waals surface area contributed by atoms with E-state index in [1.54, 1.807) is 38.2 Å². The molecule has 1 atom stereocenters. The van der Waals surface area contributed by atoms with Crippen molar-refractivity contribution in [2.45, 2.75) is 17.3 Å². The Morgan fingerprint density at radius 1 is 1.13 bits per heavy atom. The normalized spacial score (nSPS) is 11.9. The summed E-state index contributed by atoms with van der Waals surface area (Å²) >= 11 is 1.20. The van der Waals surface area contributed by atoms with Crippen LogP contribution in [0.4, 0.5) is 5.69 Å². The number of nitriles is 1. The SMILES string of the molecule is C[C@H](Sc1nc2cc3ccccc3cc2c(=O)n1C)C(=O)Nc1ccccc1C#N.